The van der Waals surface area contributed by atoms with Crippen molar-refractivity contribution in [1.82, 2.24) is 9.78 Å². The number of para-hydroxylation sites is 1. The second-order valence-corrected chi connectivity index (χ2v) is 6.91. The Morgan fingerprint density at radius 3 is 2.58 bits per heavy atom. The Labute approximate surface area is 143 Å². The van der Waals surface area contributed by atoms with E-state index in [1.807, 2.05) is 6.20 Å². The molecule has 24 heavy (non-hydrogen) atoms. The van der Waals surface area contributed by atoms with E-state index in [0.29, 0.717) is 6.04 Å². The molecule has 0 bridgehead atoms. The molecule has 0 unspecified atom stereocenters. The molecule has 124 valence electrons. The van der Waals surface area contributed by atoms with Crippen LogP contribution in [-0.4, -0.2) is 9.78 Å². The Morgan fingerprint density at radius 2 is 1.92 bits per heavy atom. The van der Waals surface area contributed by atoms with Gasteiger partial charge in [-0.3, -0.25) is 4.68 Å². The largest absolute Gasteiger partial charge is 0.457 e. The normalized spacial score (nSPS) is 14.3. The van der Waals surface area contributed by atoms with Gasteiger partial charge in [-0.05, 0) is 61.9 Å². The number of fused-ring (bicyclic) bond motifs is 1. The summed E-state index contributed by atoms with van der Waals surface area (Å²) in [5.41, 5.74) is 4.86. The molecule has 3 aromatic rings. The highest BCUT2D eigenvalue weighted by molar-refractivity contribution is 5.82. The van der Waals surface area contributed by atoms with E-state index in [0.717, 1.165) is 24.3 Å². The van der Waals surface area contributed by atoms with Crippen molar-refractivity contribution in [1.29, 1.82) is 0 Å². The van der Waals surface area contributed by atoms with Gasteiger partial charge in [-0.25, -0.2) is 0 Å². The van der Waals surface area contributed by atoms with Crippen LogP contribution in [0.5, 0.6) is 11.5 Å². The summed E-state index contributed by atoms with van der Waals surface area (Å²) in [7, 11) is 0. The average Bonchev–Trinajstić information content (AvgIpc) is 3.32. The van der Waals surface area contributed by atoms with Gasteiger partial charge >= 0.3 is 0 Å². The van der Waals surface area contributed by atoms with Gasteiger partial charge in [0.2, 0.25) is 0 Å². The zero-order valence-corrected chi connectivity index (χ0v) is 14.7. The molecule has 1 heterocycles. The minimum atomic E-state index is 0.599. The summed E-state index contributed by atoms with van der Waals surface area (Å²) in [6.07, 6.45) is 6.60. The van der Waals surface area contributed by atoms with Crippen LogP contribution >= 0.6 is 0 Å². The van der Waals surface area contributed by atoms with Crippen molar-refractivity contribution in [3.05, 3.63) is 53.2 Å². The predicted octanol–water partition coefficient (Wildman–Crippen LogP) is 5.73. The average molecular weight is 320 g/mol. The number of benzene rings is 2. The van der Waals surface area contributed by atoms with Crippen LogP contribution in [0.25, 0.3) is 10.9 Å². The molecule has 0 amide bonds. The van der Waals surface area contributed by atoms with Crippen molar-refractivity contribution in [2.24, 2.45) is 0 Å². The molecular weight excluding hydrogens is 296 g/mol. The van der Waals surface area contributed by atoms with E-state index in [-0.39, 0.29) is 0 Å². The van der Waals surface area contributed by atoms with E-state index >= 15 is 0 Å². The molecule has 1 aromatic heterocycles. The minimum absolute atomic E-state index is 0.599. The van der Waals surface area contributed by atoms with E-state index < -0.39 is 0 Å². The fourth-order valence-electron chi connectivity index (χ4n) is 3.36. The van der Waals surface area contributed by atoms with E-state index in [1.165, 1.54) is 40.4 Å². The van der Waals surface area contributed by atoms with E-state index in [4.69, 9.17) is 4.74 Å². The number of aryl methyl sites for hydroxylation is 3. The number of ether oxygens (including phenoxy) is 1. The van der Waals surface area contributed by atoms with Crippen molar-refractivity contribution in [2.75, 3.05) is 0 Å². The maximum absolute atomic E-state index is 6.38. The molecule has 4 rings (SSSR count). The lowest BCUT2D eigenvalue weighted by atomic mass is 10.1. The number of rotatable bonds is 5. The molecular formula is C21H24N2O. The van der Waals surface area contributed by atoms with Crippen LogP contribution in [0.15, 0.2) is 36.5 Å². The van der Waals surface area contributed by atoms with Crippen molar-refractivity contribution < 1.29 is 4.74 Å². The van der Waals surface area contributed by atoms with Crippen LogP contribution in [0.3, 0.4) is 0 Å². The number of nitrogens with zero attached hydrogens (tertiary/aromatic N) is 2. The fourth-order valence-corrected chi connectivity index (χ4v) is 3.36. The molecule has 1 saturated carbocycles. The highest BCUT2D eigenvalue weighted by atomic mass is 16.5. The van der Waals surface area contributed by atoms with E-state index in [1.54, 1.807) is 0 Å². The summed E-state index contributed by atoms with van der Waals surface area (Å²) >= 11 is 0. The van der Waals surface area contributed by atoms with Gasteiger partial charge in [0, 0.05) is 5.39 Å². The van der Waals surface area contributed by atoms with Crippen LogP contribution in [0.4, 0.5) is 0 Å². The summed E-state index contributed by atoms with van der Waals surface area (Å²) in [6.45, 7) is 6.42. The first-order valence-corrected chi connectivity index (χ1v) is 8.91. The van der Waals surface area contributed by atoms with Crippen LogP contribution in [0, 0.1) is 13.8 Å². The Hall–Kier alpha value is -2.29. The molecule has 0 radical (unpaired) electrons. The molecule has 0 saturated heterocycles. The quantitative estimate of drug-likeness (QED) is 0.600. The van der Waals surface area contributed by atoms with Crippen LogP contribution in [0.1, 0.15) is 48.9 Å². The van der Waals surface area contributed by atoms with Gasteiger partial charge in [-0.15, -0.1) is 0 Å². The third-order valence-corrected chi connectivity index (χ3v) is 4.81. The molecule has 1 fully saturated rings. The SMILES string of the molecule is CCCc1cc2c(cnn2C2CC2)cc1Oc1c(C)cccc1C. The summed E-state index contributed by atoms with van der Waals surface area (Å²) < 4.78 is 8.57. The molecule has 1 aliphatic carbocycles. The lowest BCUT2D eigenvalue weighted by molar-refractivity contribution is 0.469. The van der Waals surface area contributed by atoms with Gasteiger partial charge < -0.3 is 4.74 Å². The van der Waals surface area contributed by atoms with Gasteiger partial charge in [-0.1, -0.05) is 31.5 Å². The van der Waals surface area contributed by atoms with Gasteiger partial charge in [0.25, 0.3) is 0 Å². The summed E-state index contributed by atoms with van der Waals surface area (Å²) in [5.74, 6) is 1.95. The predicted molar refractivity (Wildman–Crippen MR) is 98.0 cm³/mol. The standard InChI is InChI=1S/C21H24N2O/c1-4-6-16-11-19-17(13-22-23(19)18-9-10-18)12-20(16)24-21-14(2)7-5-8-15(21)3/h5,7-8,11-13,18H,4,6,9-10H2,1-3H3. The molecule has 0 spiro atoms. The molecule has 0 aliphatic heterocycles. The molecule has 0 atom stereocenters. The van der Waals surface area contributed by atoms with Crippen molar-refractivity contribution >= 4 is 10.9 Å². The zero-order chi connectivity index (χ0) is 16.7. The Morgan fingerprint density at radius 1 is 1.17 bits per heavy atom. The smallest absolute Gasteiger partial charge is 0.133 e. The second-order valence-electron chi connectivity index (χ2n) is 6.91. The van der Waals surface area contributed by atoms with Crippen LogP contribution in [-0.2, 0) is 6.42 Å². The first-order valence-electron chi connectivity index (χ1n) is 8.91. The lowest BCUT2D eigenvalue weighted by Crippen LogP contribution is -1.98. The van der Waals surface area contributed by atoms with Gasteiger partial charge in [0.15, 0.2) is 0 Å². The molecule has 3 heteroatoms. The first-order chi connectivity index (χ1) is 11.7. The van der Waals surface area contributed by atoms with Crippen molar-refractivity contribution in [3.8, 4) is 11.5 Å². The van der Waals surface area contributed by atoms with Crippen LogP contribution < -0.4 is 4.74 Å². The Kier molecular flexibility index (Phi) is 3.79. The van der Waals surface area contributed by atoms with Gasteiger partial charge in [0.1, 0.15) is 11.5 Å². The second kappa shape index (κ2) is 5.97. The first kappa shape index (κ1) is 15.3. The highest BCUT2D eigenvalue weighted by Gasteiger charge is 2.26. The number of aromatic nitrogens is 2. The topological polar surface area (TPSA) is 27.1 Å². The fraction of sp³-hybridized carbons (Fsp3) is 0.381. The van der Waals surface area contributed by atoms with E-state index in [2.05, 4.69) is 60.9 Å². The summed E-state index contributed by atoms with van der Waals surface area (Å²) in [4.78, 5) is 0. The molecule has 2 aromatic carbocycles. The van der Waals surface area contributed by atoms with Crippen LogP contribution in [0.2, 0.25) is 0 Å². The van der Waals surface area contributed by atoms with Crippen molar-refractivity contribution in [3.63, 3.8) is 0 Å². The summed E-state index contributed by atoms with van der Waals surface area (Å²) in [6, 6.07) is 11.3. The third kappa shape index (κ3) is 2.68. The number of hydrogen-bond acceptors (Lipinski definition) is 2. The maximum atomic E-state index is 6.38. The van der Waals surface area contributed by atoms with E-state index in [9.17, 15) is 0 Å². The molecule has 1 aliphatic rings. The maximum Gasteiger partial charge on any atom is 0.133 e. The zero-order valence-electron chi connectivity index (χ0n) is 14.7. The number of hydrogen-bond donors (Lipinski definition) is 0. The third-order valence-electron chi connectivity index (χ3n) is 4.81. The Bertz CT molecular complexity index is 870. The molecule has 3 nitrogen and oxygen atoms in total. The van der Waals surface area contributed by atoms with Gasteiger partial charge in [-0.2, -0.15) is 5.10 Å². The minimum Gasteiger partial charge on any atom is -0.457 e. The Balaban J connectivity index is 1.80. The highest BCUT2D eigenvalue weighted by Crippen LogP contribution is 2.39. The monoisotopic (exact) mass is 320 g/mol. The lowest BCUT2D eigenvalue weighted by Gasteiger charge is -2.15. The molecule has 0 N–H and O–H groups in total. The summed E-state index contributed by atoms with van der Waals surface area (Å²) in [5, 5.41) is 5.77. The van der Waals surface area contributed by atoms with Gasteiger partial charge in [0.05, 0.1) is 17.8 Å². The van der Waals surface area contributed by atoms with Crippen molar-refractivity contribution in [2.45, 2.75) is 52.5 Å².